The number of hydrogen-bond donors (Lipinski definition) is 1. The Kier molecular flexibility index (Phi) is 3.59. The third-order valence-corrected chi connectivity index (χ3v) is 2.88. The monoisotopic (exact) mass is 230 g/mol. The van der Waals surface area contributed by atoms with E-state index in [4.69, 9.17) is 4.42 Å². The predicted molar refractivity (Wildman–Crippen MR) is 67.7 cm³/mol. The van der Waals surface area contributed by atoms with E-state index in [0.29, 0.717) is 0 Å². The van der Waals surface area contributed by atoms with Gasteiger partial charge in [0.15, 0.2) is 0 Å². The molecule has 2 aromatic heterocycles. The number of nitrogens with zero attached hydrogens (tertiary/aromatic N) is 1. The topological polar surface area (TPSA) is 38.1 Å². The lowest BCUT2D eigenvalue weighted by molar-refractivity contribution is 0.414. The van der Waals surface area contributed by atoms with E-state index in [9.17, 15) is 0 Å². The van der Waals surface area contributed by atoms with Crippen molar-refractivity contribution in [3.63, 3.8) is 0 Å². The van der Waals surface area contributed by atoms with Crippen LogP contribution in [0, 0.1) is 13.8 Å². The number of nitrogens with one attached hydrogen (secondary N) is 1. The molecule has 3 nitrogen and oxygen atoms in total. The molecule has 0 aliphatic rings. The standard InChI is InChI=1S/C14H18N2O/c1-10-5-4-8-15-13(10)9-16-12(3)14-7-6-11(2)17-14/h4-8,12,16H,9H2,1-3H3. The van der Waals surface area contributed by atoms with Gasteiger partial charge in [0.2, 0.25) is 0 Å². The molecule has 0 bridgehead atoms. The van der Waals surface area contributed by atoms with Gasteiger partial charge in [-0.05, 0) is 44.5 Å². The van der Waals surface area contributed by atoms with Crippen LogP contribution in [0.4, 0.5) is 0 Å². The first-order chi connectivity index (χ1) is 8.16. The van der Waals surface area contributed by atoms with E-state index in [1.165, 1.54) is 5.56 Å². The Morgan fingerprint density at radius 3 is 2.76 bits per heavy atom. The van der Waals surface area contributed by atoms with Crippen LogP contribution in [-0.2, 0) is 6.54 Å². The molecule has 2 heterocycles. The zero-order valence-corrected chi connectivity index (χ0v) is 10.5. The molecule has 1 N–H and O–H groups in total. The van der Waals surface area contributed by atoms with Gasteiger partial charge in [0.1, 0.15) is 11.5 Å². The van der Waals surface area contributed by atoms with Gasteiger partial charge in [-0.1, -0.05) is 6.07 Å². The van der Waals surface area contributed by atoms with Gasteiger partial charge in [-0.25, -0.2) is 0 Å². The number of pyridine rings is 1. The molecule has 1 atom stereocenters. The molecule has 0 fully saturated rings. The summed E-state index contributed by atoms with van der Waals surface area (Å²) < 4.78 is 5.58. The Morgan fingerprint density at radius 1 is 1.29 bits per heavy atom. The molecule has 0 aliphatic carbocycles. The summed E-state index contributed by atoms with van der Waals surface area (Å²) in [5.74, 6) is 1.92. The van der Waals surface area contributed by atoms with Crippen molar-refractivity contribution in [2.24, 2.45) is 0 Å². The van der Waals surface area contributed by atoms with Crippen molar-refractivity contribution in [2.45, 2.75) is 33.4 Å². The van der Waals surface area contributed by atoms with E-state index in [2.05, 4.69) is 30.2 Å². The molecular weight excluding hydrogens is 212 g/mol. The summed E-state index contributed by atoms with van der Waals surface area (Å²) in [5, 5.41) is 3.41. The SMILES string of the molecule is Cc1ccc(C(C)NCc2ncccc2C)o1. The molecule has 90 valence electrons. The molecule has 0 aliphatic heterocycles. The summed E-state index contributed by atoms with van der Waals surface area (Å²) in [7, 11) is 0. The summed E-state index contributed by atoms with van der Waals surface area (Å²) in [6.07, 6.45) is 1.83. The van der Waals surface area contributed by atoms with Crippen LogP contribution >= 0.6 is 0 Å². The Morgan fingerprint density at radius 2 is 2.12 bits per heavy atom. The lowest BCUT2D eigenvalue weighted by atomic mass is 10.2. The zero-order valence-electron chi connectivity index (χ0n) is 10.5. The van der Waals surface area contributed by atoms with E-state index >= 15 is 0 Å². The third-order valence-electron chi connectivity index (χ3n) is 2.88. The number of aryl methyl sites for hydroxylation is 2. The van der Waals surface area contributed by atoms with Crippen molar-refractivity contribution in [3.8, 4) is 0 Å². The van der Waals surface area contributed by atoms with Crippen LogP contribution in [0.3, 0.4) is 0 Å². The van der Waals surface area contributed by atoms with E-state index in [1.54, 1.807) is 0 Å². The summed E-state index contributed by atoms with van der Waals surface area (Å²) in [5.41, 5.74) is 2.30. The highest BCUT2D eigenvalue weighted by Crippen LogP contribution is 2.16. The first-order valence-corrected chi connectivity index (χ1v) is 5.87. The smallest absolute Gasteiger partial charge is 0.120 e. The minimum atomic E-state index is 0.199. The van der Waals surface area contributed by atoms with Gasteiger partial charge in [0.05, 0.1) is 11.7 Å². The average molecular weight is 230 g/mol. The molecule has 17 heavy (non-hydrogen) atoms. The van der Waals surface area contributed by atoms with Crippen LogP contribution in [0.1, 0.15) is 35.7 Å². The van der Waals surface area contributed by atoms with E-state index in [-0.39, 0.29) is 6.04 Å². The van der Waals surface area contributed by atoms with Crippen molar-refractivity contribution < 1.29 is 4.42 Å². The zero-order chi connectivity index (χ0) is 12.3. The second-order valence-electron chi connectivity index (χ2n) is 4.32. The van der Waals surface area contributed by atoms with E-state index in [1.807, 2.05) is 31.3 Å². The second kappa shape index (κ2) is 5.15. The van der Waals surface area contributed by atoms with Crippen molar-refractivity contribution in [1.82, 2.24) is 10.3 Å². The largest absolute Gasteiger partial charge is 0.465 e. The Balaban J connectivity index is 1.97. The molecule has 0 saturated heterocycles. The second-order valence-corrected chi connectivity index (χ2v) is 4.32. The quantitative estimate of drug-likeness (QED) is 0.876. The molecule has 0 saturated carbocycles. The maximum Gasteiger partial charge on any atom is 0.120 e. The van der Waals surface area contributed by atoms with Gasteiger partial charge in [0, 0.05) is 12.7 Å². The van der Waals surface area contributed by atoms with Crippen LogP contribution in [-0.4, -0.2) is 4.98 Å². The highest BCUT2D eigenvalue weighted by atomic mass is 16.3. The summed E-state index contributed by atoms with van der Waals surface area (Å²) >= 11 is 0. The number of hydrogen-bond acceptors (Lipinski definition) is 3. The van der Waals surface area contributed by atoms with Crippen molar-refractivity contribution >= 4 is 0 Å². The molecule has 2 rings (SSSR count). The minimum absolute atomic E-state index is 0.199. The number of furan rings is 1. The fourth-order valence-corrected chi connectivity index (χ4v) is 1.74. The molecular formula is C14H18N2O. The highest BCUT2D eigenvalue weighted by molar-refractivity contribution is 5.17. The highest BCUT2D eigenvalue weighted by Gasteiger charge is 2.09. The lowest BCUT2D eigenvalue weighted by Crippen LogP contribution is -2.18. The van der Waals surface area contributed by atoms with Gasteiger partial charge in [-0.15, -0.1) is 0 Å². The van der Waals surface area contributed by atoms with Gasteiger partial charge in [-0.3, -0.25) is 4.98 Å². The van der Waals surface area contributed by atoms with Crippen LogP contribution in [0.15, 0.2) is 34.9 Å². The molecule has 2 aromatic rings. The normalized spacial score (nSPS) is 12.6. The van der Waals surface area contributed by atoms with Crippen LogP contribution < -0.4 is 5.32 Å². The van der Waals surface area contributed by atoms with Crippen molar-refractivity contribution in [1.29, 1.82) is 0 Å². The van der Waals surface area contributed by atoms with Crippen molar-refractivity contribution in [2.75, 3.05) is 0 Å². The van der Waals surface area contributed by atoms with Gasteiger partial charge in [-0.2, -0.15) is 0 Å². The molecule has 1 unspecified atom stereocenters. The molecule has 0 radical (unpaired) electrons. The van der Waals surface area contributed by atoms with Gasteiger partial charge >= 0.3 is 0 Å². The number of aromatic nitrogens is 1. The van der Waals surface area contributed by atoms with Crippen molar-refractivity contribution in [3.05, 3.63) is 53.2 Å². The first kappa shape index (κ1) is 11.9. The first-order valence-electron chi connectivity index (χ1n) is 5.87. The molecule has 0 spiro atoms. The summed E-state index contributed by atoms with van der Waals surface area (Å²) in [6, 6.07) is 8.23. The summed E-state index contributed by atoms with van der Waals surface area (Å²) in [4.78, 5) is 4.36. The van der Waals surface area contributed by atoms with Gasteiger partial charge < -0.3 is 9.73 Å². The maximum atomic E-state index is 5.58. The Labute approximate surface area is 102 Å². The van der Waals surface area contributed by atoms with E-state index in [0.717, 1.165) is 23.8 Å². The maximum absolute atomic E-state index is 5.58. The van der Waals surface area contributed by atoms with Gasteiger partial charge in [0.25, 0.3) is 0 Å². The minimum Gasteiger partial charge on any atom is -0.465 e. The van der Waals surface area contributed by atoms with Crippen LogP contribution in [0.25, 0.3) is 0 Å². The molecule has 3 heteroatoms. The predicted octanol–water partition coefficient (Wildman–Crippen LogP) is 3.14. The average Bonchev–Trinajstić information content (AvgIpc) is 2.74. The van der Waals surface area contributed by atoms with Crippen LogP contribution in [0.2, 0.25) is 0 Å². The lowest BCUT2D eigenvalue weighted by Gasteiger charge is -2.12. The Hall–Kier alpha value is -1.61. The summed E-state index contributed by atoms with van der Waals surface area (Å²) in [6.45, 7) is 6.88. The third kappa shape index (κ3) is 2.94. The fourth-order valence-electron chi connectivity index (χ4n) is 1.74. The molecule has 0 aromatic carbocycles. The fraction of sp³-hybridized carbons (Fsp3) is 0.357. The van der Waals surface area contributed by atoms with Crippen LogP contribution in [0.5, 0.6) is 0 Å². The van der Waals surface area contributed by atoms with E-state index < -0.39 is 0 Å². The molecule has 0 amide bonds. The Bertz CT molecular complexity index is 490. The number of rotatable bonds is 4.